The molecular formula is C36H41ClF4N5O2+. The van der Waals surface area contributed by atoms with Crippen LogP contribution in [0.1, 0.15) is 50.4 Å². The van der Waals surface area contributed by atoms with E-state index in [0.717, 1.165) is 30.0 Å². The Morgan fingerprint density at radius 3 is 2.52 bits per heavy atom. The topological polar surface area (TPSA) is 83.8 Å². The number of pyridine rings is 1. The Balaban J connectivity index is 1.99. The number of halogens is 5. The van der Waals surface area contributed by atoms with E-state index in [1.165, 1.54) is 32.2 Å². The minimum atomic E-state index is -4.57. The van der Waals surface area contributed by atoms with Crippen molar-refractivity contribution in [3.8, 4) is 11.1 Å². The van der Waals surface area contributed by atoms with Crippen molar-refractivity contribution in [3.05, 3.63) is 119 Å². The van der Waals surface area contributed by atoms with E-state index >= 15 is 0 Å². The third kappa shape index (κ3) is 9.93. The first kappa shape index (κ1) is 37.8. The van der Waals surface area contributed by atoms with Gasteiger partial charge in [0.2, 0.25) is 17.8 Å². The van der Waals surface area contributed by atoms with Gasteiger partial charge in [-0.15, -0.1) is 0 Å². The lowest BCUT2D eigenvalue weighted by Gasteiger charge is -2.21. The molecule has 0 bridgehead atoms. The number of hydrogen-bond donors (Lipinski definition) is 2. The van der Waals surface area contributed by atoms with E-state index in [2.05, 4.69) is 16.9 Å². The van der Waals surface area contributed by atoms with Crippen LogP contribution in [0.4, 0.5) is 23.2 Å². The van der Waals surface area contributed by atoms with Crippen molar-refractivity contribution in [1.29, 1.82) is 0 Å². The zero-order valence-corrected chi connectivity index (χ0v) is 28.4. The fraction of sp³-hybridized carbons (Fsp3) is 0.306. The van der Waals surface area contributed by atoms with Gasteiger partial charge in [-0.1, -0.05) is 62.7 Å². The van der Waals surface area contributed by atoms with Gasteiger partial charge in [0.1, 0.15) is 7.11 Å². The van der Waals surface area contributed by atoms with Gasteiger partial charge in [0.25, 0.3) is 0 Å². The Hall–Kier alpha value is -4.64. The zero-order chi connectivity index (χ0) is 35.6. The number of benzene rings is 2. The standard InChI is InChI=1S/C36H40ClF4N5O2/c1-7-10-23(3)35(47)44-32(20-42)34(43-24(4)38)26-12-9-11-25(17-26)18-30-15-13-27(21-46(30)48-6)31-19-29(37)14-16-33(31)45(5)22-28(8-2)36(39,40)41/h8-9,11-17,19-24H,2,7,10,18H2,1,3-6H3,(H2-,42,43,44,47)/p+1/b28-22+. The Morgan fingerprint density at radius 1 is 1.19 bits per heavy atom. The van der Waals surface area contributed by atoms with Gasteiger partial charge in [-0.3, -0.25) is 9.63 Å². The van der Waals surface area contributed by atoms with Crippen molar-refractivity contribution in [2.75, 3.05) is 19.1 Å². The van der Waals surface area contributed by atoms with Crippen LogP contribution in [0.25, 0.3) is 11.1 Å². The van der Waals surface area contributed by atoms with Gasteiger partial charge in [0.15, 0.2) is 6.30 Å². The number of alkyl halides is 4. The van der Waals surface area contributed by atoms with E-state index in [0.29, 0.717) is 40.2 Å². The van der Waals surface area contributed by atoms with Crippen LogP contribution in [0.3, 0.4) is 0 Å². The average Bonchev–Trinajstić information content (AvgIpc) is 3.04. The fourth-order valence-electron chi connectivity index (χ4n) is 5.06. The second kappa shape index (κ2) is 17.0. The number of nitrogens with zero attached hydrogens (tertiary/aromatic N) is 3. The molecule has 2 atom stereocenters. The number of hydrogen-bond acceptors (Lipinski definition) is 5. The number of aliphatic imine (C=N–C) groups is 1. The molecule has 0 aliphatic heterocycles. The summed E-state index contributed by atoms with van der Waals surface area (Å²) in [5.74, 6) is -0.506. The Kier molecular flexibility index (Phi) is 13.4. The number of carbonyl (C=O) groups excluding carboxylic acids is 1. The smallest absolute Gasteiger partial charge is 0.403 e. The number of nitrogens with one attached hydrogen (secondary N) is 1. The molecule has 12 heteroatoms. The SMILES string of the molecule is C=C/C(=C\N(C)c1ccc(Cl)cc1-c1ccc(Cc2cccc(C(=N\C(C)F)/C(=C\N)NC(=O)C(C)CCC)c2)[n+](OC)c1)C(F)(F)F. The molecule has 3 aromatic rings. The van der Waals surface area contributed by atoms with Crippen molar-refractivity contribution < 1.29 is 31.9 Å². The summed E-state index contributed by atoms with van der Waals surface area (Å²) in [5, 5.41) is 3.20. The molecular weight excluding hydrogens is 646 g/mol. The van der Waals surface area contributed by atoms with Crippen molar-refractivity contribution >= 4 is 28.9 Å². The Bertz CT molecular complexity index is 1700. The second-order valence-corrected chi connectivity index (χ2v) is 11.6. The summed E-state index contributed by atoms with van der Waals surface area (Å²) in [6, 6.07) is 15.8. The minimum Gasteiger partial charge on any atom is -0.403 e. The molecule has 1 aromatic heterocycles. The molecule has 0 saturated carbocycles. The van der Waals surface area contributed by atoms with E-state index in [1.807, 2.05) is 38.1 Å². The van der Waals surface area contributed by atoms with Gasteiger partial charge >= 0.3 is 6.18 Å². The van der Waals surface area contributed by atoms with Crippen LogP contribution < -0.4 is 25.5 Å². The van der Waals surface area contributed by atoms with Gasteiger partial charge in [-0.25, -0.2) is 9.38 Å². The molecule has 0 saturated heterocycles. The number of carbonyl (C=O) groups is 1. The lowest BCUT2D eigenvalue weighted by molar-refractivity contribution is -0.889. The molecule has 3 N–H and O–H groups in total. The first-order valence-electron chi connectivity index (χ1n) is 15.3. The summed E-state index contributed by atoms with van der Waals surface area (Å²) in [6.45, 7) is 8.38. The summed E-state index contributed by atoms with van der Waals surface area (Å²) >= 11 is 6.31. The maximum absolute atomic E-state index is 14.3. The summed E-state index contributed by atoms with van der Waals surface area (Å²) in [6.07, 6.45) is 0.413. The number of nitrogens with two attached hydrogens (primary N) is 1. The van der Waals surface area contributed by atoms with Crippen LogP contribution >= 0.6 is 11.6 Å². The highest BCUT2D eigenvalue weighted by atomic mass is 35.5. The fourth-order valence-corrected chi connectivity index (χ4v) is 5.23. The monoisotopic (exact) mass is 686 g/mol. The molecule has 256 valence electrons. The van der Waals surface area contributed by atoms with Crippen molar-refractivity contribution in [1.82, 2.24) is 5.32 Å². The third-order valence-electron chi connectivity index (χ3n) is 7.46. The summed E-state index contributed by atoms with van der Waals surface area (Å²) in [5.41, 5.74) is 9.19. The van der Waals surface area contributed by atoms with Crippen LogP contribution in [0.2, 0.25) is 5.02 Å². The van der Waals surface area contributed by atoms with Gasteiger partial charge < -0.3 is 16.0 Å². The normalized spacial score (nSPS) is 13.9. The van der Waals surface area contributed by atoms with Crippen molar-refractivity contribution in [2.24, 2.45) is 16.6 Å². The van der Waals surface area contributed by atoms with Crippen LogP contribution in [0.5, 0.6) is 0 Å². The summed E-state index contributed by atoms with van der Waals surface area (Å²) in [4.78, 5) is 23.9. The average molecular weight is 687 g/mol. The number of amides is 1. The van der Waals surface area contributed by atoms with Gasteiger partial charge in [0, 0.05) is 58.0 Å². The number of rotatable bonds is 14. The third-order valence-corrected chi connectivity index (χ3v) is 7.70. The van der Waals surface area contributed by atoms with Gasteiger partial charge in [-0.05, 0) is 49.2 Å². The summed E-state index contributed by atoms with van der Waals surface area (Å²) in [7, 11) is 3.00. The quantitative estimate of drug-likeness (QED) is 0.0606. The molecule has 1 amide bonds. The van der Waals surface area contributed by atoms with Crippen LogP contribution in [0.15, 0.2) is 102 Å². The molecule has 0 spiro atoms. The molecule has 2 unspecified atom stereocenters. The molecule has 1 heterocycles. The van der Waals surface area contributed by atoms with Gasteiger partial charge in [-0.2, -0.15) is 13.2 Å². The first-order valence-corrected chi connectivity index (χ1v) is 15.7. The number of anilines is 1. The molecule has 7 nitrogen and oxygen atoms in total. The predicted octanol–water partition coefficient (Wildman–Crippen LogP) is 7.47. The van der Waals surface area contributed by atoms with Crippen molar-refractivity contribution in [3.63, 3.8) is 0 Å². The van der Waals surface area contributed by atoms with E-state index in [1.54, 1.807) is 41.3 Å². The van der Waals surface area contributed by atoms with Crippen molar-refractivity contribution in [2.45, 2.75) is 52.5 Å². The molecule has 3 rings (SSSR count). The molecule has 0 aliphatic rings. The number of allylic oxidation sites excluding steroid dienone is 3. The highest BCUT2D eigenvalue weighted by molar-refractivity contribution is 6.31. The highest BCUT2D eigenvalue weighted by Crippen LogP contribution is 2.34. The lowest BCUT2D eigenvalue weighted by Crippen LogP contribution is -2.44. The maximum atomic E-state index is 14.3. The Morgan fingerprint density at radius 2 is 1.92 bits per heavy atom. The minimum absolute atomic E-state index is 0.202. The molecule has 0 aliphatic carbocycles. The number of aromatic nitrogens is 1. The van der Waals surface area contributed by atoms with E-state index in [4.69, 9.17) is 22.2 Å². The summed E-state index contributed by atoms with van der Waals surface area (Å²) < 4.78 is 56.1. The van der Waals surface area contributed by atoms with Crippen LogP contribution in [-0.2, 0) is 11.2 Å². The molecule has 48 heavy (non-hydrogen) atoms. The van der Waals surface area contributed by atoms with Crippen LogP contribution in [0, 0.1) is 5.92 Å². The molecule has 0 radical (unpaired) electrons. The van der Waals surface area contributed by atoms with Crippen LogP contribution in [-0.4, -0.2) is 38.2 Å². The molecule has 2 aromatic carbocycles. The molecule has 0 fully saturated rings. The first-order chi connectivity index (χ1) is 22.7. The maximum Gasteiger partial charge on any atom is 0.417 e. The lowest BCUT2D eigenvalue weighted by atomic mass is 9.99. The van der Waals surface area contributed by atoms with E-state index < -0.39 is 18.0 Å². The second-order valence-electron chi connectivity index (χ2n) is 11.2. The van der Waals surface area contributed by atoms with E-state index in [9.17, 15) is 22.4 Å². The predicted molar refractivity (Wildman–Crippen MR) is 183 cm³/mol. The largest absolute Gasteiger partial charge is 0.417 e. The highest BCUT2D eigenvalue weighted by Gasteiger charge is 2.32. The van der Waals surface area contributed by atoms with E-state index in [-0.39, 0.29) is 23.2 Å². The Labute approximate surface area is 284 Å². The zero-order valence-electron chi connectivity index (χ0n) is 27.6. The van der Waals surface area contributed by atoms with Gasteiger partial charge in [0.05, 0.1) is 29.0 Å².